The van der Waals surface area contributed by atoms with Crippen LogP contribution in [0.2, 0.25) is 5.02 Å². The summed E-state index contributed by atoms with van der Waals surface area (Å²) in [6, 6.07) is 6.21. The van der Waals surface area contributed by atoms with E-state index in [0.717, 1.165) is 25.9 Å². The lowest BCUT2D eigenvalue weighted by atomic mass is 10.1. The Kier molecular flexibility index (Phi) is 4.89. The summed E-state index contributed by atoms with van der Waals surface area (Å²) >= 11 is 6.02. The van der Waals surface area contributed by atoms with Crippen molar-refractivity contribution in [3.8, 4) is 6.07 Å². The first-order valence-electron chi connectivity index (χ1n) is 6.72. The van der Waals surface area contributed by atoms with Crippen LogP contribution in [0.15, 0.2) is 23.1 Å². The normalized spacial score (nSPS) is 17.9. The molecule has 1 heterocycles. The molecule has 1 aromatic carbocycles. The molecule has 0 saturated carbocycles. The molecule has 0 amide bonds. The Morgan fingerprint density at radius 2 is 2.00 bits per heavy atom. The van der Waals surface area contributed by atoms with Crippen LogP contribution in [0.3, 0.4) is 0 Å². The Balaban J connectivity index is 2.31. The first-order chi connectivity index (χ1) is 9.86. The minimum absolute atomic E-state index is 0.00430. The van der Waals surface area contributed by atoms with Crippen molar-refractivity contribution in [2.75, 3.05) is 27.2 Å². The molecule has 0 bridgehead atoms. The van der Waals surface area contributed by atoms with Crippen LogP contribution in [0.1, 0.15) is 18.4 Å². The summed E-state index contributed by atoms with van der Waals surface area (Å²) in [5.41, 5.74) is 0.287. The third-order valence-electron chi connectivity index (χ3n) is 3.92. The molecule has 0 atom stereocenters. The Labute approximate surface area is 130 Å². The van der Waals surface area contributed by atoms with Crippen LogP contribution in [0.4, 0.5) is 0 Å². The van der Waals surface area contributed by atoms with Gasteiger partial charge in [-0.25, -0.2) is 8.42 Å². The number of rotatable bonds is 3. The van der Waals surface area contributed by atoms with Gasteiger partial charge in [0.05, 0.1) is 16.7 Å². The molecule has 0 aromatic heterocycles. The number of nitrogens with zero attached hydrogens (tertiary/aromatic N) is 3. The van der Waals surface area contributed by atoms with Gasteiger partial charge in [-0.05, 0) is 51.2 Å². The van der Waals surface area contributed by atoms with E-state index in [0.29, 0.717) is 0 Å². The molecule has 0 N–H and O–H groups in total. The summed E-state index contributed by atoms with van der Waals surface area (Å²) in [7, 11) is -0.0778. The molecule has 0 unspecified atom stereocenters. The zero-order valence-electron chi connectivity index (χ0n) is 12.1. The van der Waals surface area contributed by atoms with Crippen molar-refractivity contribution in [2.45, 2.75) is 23.8 Å². The molecule has 0 radical (unpaired) electrons. The van der Waals surface area contributed by atoms with E-state index >= 15 is 0 Å². The lowest BCUT2D eigenvalue weighted by molar-refractivity contribution is 0.197. The van der Waals surface area contributed by atoms with Gasteiger partial charge in [0.15, 0.2) is 0 Å². The Morgan fingerprint density at radius 1 is 1.38 bits per heavy atom. The summed E-state index contributed by atoms with van der Waals surface area (Å²) in [5.74, 6) is 0. The van der Waals surface area contributed by atoms with E-state index in [1.807, 2.05) is 13.1 Å². The topological polar surface area (TPSA) is 64.4 Å². The number of piperidine rings is 1. The minimum Gasteiger partial charge on any atom is -0.306 e. The smallest absolute Gasteiger partial charge is 0.244 e. The highest BCUT2D eigenvalue weighted by Crippen LogP contribution is 2.28. The van der Waals surface area contributed by atoms with Crippen LogP contribution in [0.5, 0.6) is 0 Å². The van der Waals surface area contributed by atoms with Gasteiger partial charge in [-0.3, -0.25) is 0 Å². The number of likely N-dealkylation sites (tertiary alicyclic amines) is 1. The number of halogens is 1. The molecule has 7 heteroatoms. The Hall–Kier alpha value is -1.13. The largest absolute Gasteiger partial charge is 0.306 e. The Morgan fingerprint density at radius 3 is 2.57 bits per heavy atom. The summed E-state index contributed by atoms with van der Waals surface area (Å²) in [5, 5.41) is 9.08. The van der Waals surface area contributed by atoms with Gasteiger partial charge in [-0.1, -0.05) is 11.6 Å². The zero-order valence-corrected chi connectivity index (χ0v) is 13.7. The van der Waals surface area contributed by atoms with Crippen molar-refractivity contribution in [3.05, 3.63) is 28.8 Å². The second-order valence-corrected chi connectivity index (χ2v) is 7.69. The Bertz CT molecular complexity index is 661. The van der Waals surface area contributed by atoms with Gasteiger partial charge in [-0.2, -0.15) is 9.57 Å². The number of sulfonamides is 1. The average Bonchev–Trinajstić information content (AvgIpc) is 2.47. The predicted molar refractivity (Wildman–Crippen MR) is 81.6 cm³/mol. The average molecular weight is 328 g/mol. The number of hydrogen-bond acceptors (Lipinski definition) is 4. The molecular formula is C14H18ClN3O2S. The van der Waals surface area contributed by atoms with Gasteiger partial charge in [0.1, 0.15) is 4.90 Å². The third-order valence-corrected chi connectivity index (χ3v) is 6.31. The summed E-state index contributed by atoms with van der Waals surface area (Å²) in [6.45, 7) is 1.74. The van der Waals surface area contributed by atoms with E-state index in [2.05, 4.69) is 4.90 Å². The fraction of sp³-hybridized carbons (Fsp3) is 0.500. The maximum Gasteiger partial charge on any atom is 0.244 e. The fourth-order valence-electron chi connectivity index (χ4n) is 2.48. The number of nitriles is 1. The van der Waals surface area contributed by atoms with Crippen molar-refractivity contribution in [1.29, 1.82) is 5.26 Å². The first kappa shape index (κ1) is 16.2. The second-order valence-electron chi connectivity index (χ2n) is 5.31. The summed E-state index contributed by atoms with van der Waals surface area (Å²) in [4.78, 5) is 2.19. The summed E-state index contributed by atoms with van der Waals surface area (Å²) in [6.07, 6.45) is 1.59. The van der Waals surface area contributed by atoms with E-state index in [1.54, 1.807) is 7.05 Å². The van der Waals surface area contributed by atoms with E-state index in [1.165, 1.54) is 22.5 Å². The fourth-order valence-corrected chi connectivity index (χ4v) is 4.39. The molecule has 0 aliphatic carbocycles. The van der Waals surface area contributed by atoms with Crippen LogP contribution < -0.4 is 0 Å². The molecule has 114 valence electrons. The lowest BCUT2D eigenvalue weighted by Crippen LogP contribution is -2.44. The molecular weight excluding hydrogens is 310 g/mol. The van der Waals surface area contributed by atoms with Crippen molar-refractivity contribution in [2.24, 2.45) is 0 Å². The van der Waals surface area contributed by atoms with Gasteiger partial charge < -0.3 is 4.90 Å². The van der Waals surface area contributed by atoms with Crippen LogP contribution in [0, 0.1) is 11.3 Å². The highest BCUT2D eigenvalue weighted by Gasteiger charge is 2.31. The van der Waals surface area contributed by atoms with Crippen molar-refractivity contribution in [1.82, 2.24) is 9.21 Å². The molecule has 1 aliphatic heterocycles. The highest BCUT2D eigenvalue weighted by molar-refractivity contribution is 7.89. The predicted octanol–water partition coefficient (Wildman–Crippen LogP) is 1.93. The number of benzene rings is 1. The monoisotopic (exact) mass is 327 g/mol. The minimum atomic E-state index is -3.69. The molecule has 1 fully saturated rings. The lowest BCUT2D eigenvalue weighted by Gasteiger charge is -2.34. The van der Waals surface area contributed by atoms with Gasteiger partial charge in [0.2, 0.25) is 10.0 Å². The highest BCUT2D eigenvalue weighted by atomic mass is 35.5. The van der Waals surface area contributed by atoms with Crippen LogP contribution in [0.25, 0.3) is 0 Å². The van der Waals surface area contributed by atoms with Crippen LogP contribution >= 0.6 is 11.6 Å². The van der Waals surface area contributed by atoms with E-state index in [4.69, 9.17) is 16.9 Å². The maximum atomic E-state index is 12.7. The van der Waals surface area contributed by atoms with Gasteiger partial charge in [0.25, 0.3) is 0 Å². The van der Waals surface area contributed by atoms with Gasteiger partial charge >= 0.3 is 0 Å². The van der Waals surface area contributed by atoms with Crippen molar-refractivity contribution >= 4 is 21.6 Å². The molecule has 1 aliphatic rings. The molecule has 1 aromatic rings. The summed E-state index contributed by atoms with van der Waals surface area (Å²) < 4.78 is 26.8. The van der Waals surface area contributed by atoms with E-state index < -0.39 is 10.0 Å². The standard InChI is InChI=1S/C14H18ClN3O2S/c1-17-7-5-12(6-8-17)18(2)21(19,20)14-9-11(10-16)3-4-13(14)15/h3-4,9,12H,5-8H2,1-2H3. The molecule has 2 rings (SSSR count). The molecule has 21 heavy (non-hydrogen) atoms. The van der Waals surface area contributed by atoms with Gasteiger partial charge in [-0.15, -0.1) is 0 Å². The molecule has 5 nitrogen and oxygen atoms in total. The quantitative estimate of drug-likeness (QED) is 0.851. The molecule has 0 spiro atoms. The van der Waals surface area contributed by atoms with E-state index in [-0.39, 0.29) is 21.5 Å². The SMILES string of the molecule is CN1CCC(N(C)S(=O)(=O)c2cc(C#N)ccc2Cl)CC1. The van der Waals surface area contributed by atoms with Crippen LogP contribution in [-0.2, 0) is 10.0 Å². The molecule has 1 saturated heterocycles. The van der Waals surface area contributed by atoms with Crippen molar-refractivity contribution in [3.63, 3.8) is 0 Å². The van der Waals surface area contributed by atoms with Crippen molar-refractivity contribution < 1.29 is 8.42 Å². The first-order valence-corrected chi connectivity index (χ1v) is 8.54. The van der Waals surface area contributed by atoms with E-state index in [9.17, 15) is 8.42 Å². The zero-order chi connectivity index (χ0) is 15.6. The van der Waals surface area contributed by atoms with Gasteiger partial charge in [0, 0.05) is 13.1 Å². The second kappa shape index (κ2) is 6.32. The third kappa shape index (κ3) is 3.38. The van der Waals surface area contributed by atoms with Crippen LogP contribution in [-0.4, -0.2) is 50.8 Å². The number of hydrogen-bond donors (Lipinski definition) is 0. The maximum absolute atomic E-state index is 12.7.